The summed E-state index contributed by atoms with van der Waals surface area (Å²) >= 11 is 0. The Labute approximate surface area is 157 Å². The number of hydrogen-bond acceptors (Lipinski definition) is 3. The van der Waals surface area contributed by atoms with Crippen LogP contribution >= 0.6 is 0 Å². The number of aryl methyl sites for hydroxylation is 1. The molecule has 1 aliphatic rings. The highest BCUT2D eigenvalue weighted by Crippen LogP contribution is 2.31. The molecule has 1 atom stereocenters. The monoisotopic (exact) mass is 398 g/mol. The van der Waals surface area contributed by atoms with Gasteiger partial charge in [0.25, 0.3) is 0 Å². The highest BCUT2D eigenvalue weighted by Gasteiger charge is 2.34. The van der Waals surface area contributed by atoms with Crippen LogP contribution in [0.15, 0.2) is 53.4 Å². The fraction of sp³-hybridized carbons (Fsp3) is 0.368. The first kappa shape index (κ1) is 19.7. The zero-order valence-corrected chi connectivity index (χ0v) is 15.9. The van der Waals surface area contributed by atoms with Crippen molar-refractivity contribution in [2.45, 2.75) is 31.0 Å². The number of rotatable bonds is 3. The molecule has 1 unspecified atom stereocenters. The van der Waals surface area contributed by atoms with E-state index in [9.17, 15) is 21.6 Å². The third kappa shape index (κ3) is 4.11. The van der Waals surface area contributed by atoms with Crippen LogP contribution in [0.3, 0.4) is 0 Å². The summed E-state index contributed by atoms with van der Waals surface area (Å²) in [6, 6.07) is 11.6. The Balaban J connectivity index is 1.77. The molecule has 2 aromatic carbocycles. The van der Waals surface area contributed by atoms with Crippen LogP contribution in [0.25, 0.3) is 0 Å². The van der Waals surface area contributed by atoms with Gasteiger partial charge in [0.2, 0.25) is 10.0 Å². The standard InChI is InChI=1S/C19H21F3N2O2S/c1-14-4-3-5-17(12-14)24-11-10-23(13-15(24)2)27(25,26)18-8-6-16(7-9-18)19(20,21)22/h3-9,12,15H,10-11,13H2,1-2H3. The Morgan fingerprint density at radius 1 is 1.04 bits per heavy atom. The van der Waals surface area contributed by atoms with Crippen molar-refractivity contribution in [3.8, 4) is 0 Å². The predicted octanol–water partition coefficient (Wildman–Crippen LogP) is 3.91. The first-order chi connectivity index (χ1) is 12.6. The Kier molecular flexibility index (Phi) is 5.22. The van der Waals surface area contributed by atoms with Gasteiger partial charge in [-0.1, -0.05) is 12.1 Å². The highest BCUT2D eigenvalue weighted by atomic mass is 32.2. The summed E-state index contributed by atoms with van der Waals surface area (Å²) in [6.07, 6.45) is -4.49. The maximum atomic E-state index is 12.8. The van der Waals surface area contributed by atoms with Gasteiger partial charge in [0, 0.05) is 31.4 Å². The molecule has 1 heterocycles. The summed E-state index contributed by atoms with van der Waals surface area (Å²) in [6.45, 7) is 5.01. The van der Waals surface area contributed by atoms with Crippen molar-refractivity contribution in [2.75, 3.05) is 24.5 Å². The van der Waals surface area contributed by atoms with Gasteiger partial charge in [0.05, 0.1) is 10.5 Å². The molecule has 0 N–H and O–H groups in total. The van der Waals surface area contributed by atoms with E-state index in [2.05, 4.69) is 11.0 Å². The molecule has 2 aromatic rings. The third-order valence-corrected chi connectivity index (χ3v) is 6.62. The zero-order valence-electron chi connectivity index (χ0n) is 15.1. The van der Waals surface area contributed by atoms with Crippen molar-refractivity contribution >= 4 is 15.7 Å². The lowest BCUT2D eigenvalue weighted by Gasteiger charge is -2.40. The number of hydrogen-bond donors (Lipinski definition) is 0. The number of sulfonamides is 1. The van der Waals surface area contributed by atoms with E-state index in [0.717, 1.165) is 35.5 Å². The smallest absolute Gasteiger partial charge is 0.366 e. The van der Waals surface area contributed by atoms with Gasteiger partial charge >= 0.3 is 6.18 Å². The molecule has 0 saturated carbocycles. The van der Waals surface area contributed by atoms with Gasteiger partial charge in [-0.3, -0.25) is 0 Å². The summed E-state index contributed by atoms with van der Waals surface area (Å²) in [7, 11) is -3.83. The maximum absolute atomic E-state index is 12.8. The maximum Gasteiger partial charge on any atom is 0.416 e. The molecule has 0 aliphatic carbocycles. The van der Waals surface area contributed by atoms with Crippen LogP contribution in [-0.2, 0) is 16.2 Å². The average Bonchev–Trinajstić information content (AvgIpc) is 2.61. The van der Waals surface area contributed by atoms with Crippen LogP contribution in [0.1, 0.15) is 18.1 Å². The average molecular weight is 398 g/mol. The van der Waals surface area contributed by atoms with E-state index < -0.39 is 21.8 Å². The van der Waals surface area contributed by atoms with Crippen LogP contribution < -0.4 is 4.90 Å². The SMILES string of the molecule is Cc1cccc(N2CCN(S(=O)(=O)c3ccc(C(F)(F)F)cc3)CC2C)c1. The summed E-state index contributed by atoms with van der Waals surface area (Å²) in [5.74, 6) is 0. The second kappa shape index (κ2) is 7.16. The summed E-state index contributed by atoms with van der Waals surface area (Å²) in [5, 5.41) is 0. The molecule has 1 aliphatic heterocycles. The number of benzene rings is 2. The van der Waals surface area contributed by atoms with Gasteiger partial charge < -0.3 is 4.90 Å². The topological polar surface area (TPSA) is 40.6 Å². The van der Waals surface area contributed by atoms with E-state index in [1.807, 2.05) is 32.0 Å². The molecule has 0 amide bonds. The molecule has 8 heteroatoms. The van der Waals surface area contributed by atoms with Crippen molar-refractivity contribution in [2.24, 2.45) is 0 Å². The Hall–Kier alpha value is -2.06. The van der Waals surface area contributed by atoms with Crippen LogP contribution in [0.4, 0.5) is 18.9 Å². The van der Waals surface area contributed by atoms with Crippen molar-refractivity contribution < 1.29 is 21.6 Å². The molecule has 0 spiro atoms. The molecule has 0 radical (unpaired) electrons. The van der Waals surface area contributed by atoms with Crippen molar-refractivity contribution in [3.05, 3.63) is 59.7 Å². The molecule has 146 valence electrons. The van der Waals surface area contributed by atoms with Gasteiger partial charge in [-0.15, -0.1) is 0 Å². The van der Waals surface area contributed by atoms with E-state index >= 15 is 0 Å². The second-order valence-electron chi connectivity index (χ2n) is 6.77. The lowest BCUT2D eigenvalue weighted by molar-refractivity contribution is -0.137. The minimum Gasteiger partial charge on any atom is -0.366 e. The molecule has 0 aromatic heterocycles. The van der Waals surface area contributed by atoms with E-state index in [0.29, 0.717) is 6.54 Å². The molecule has 3 rings (SSSR count). The molecular formula is C19H21F3N2O2S. The van der Waals surface area contributed by atoms with Gasteiger partial charge in [0.1, 0.15) is 0 Å². The Morgan fingerprint density at radius 3 is 2.26 bits per heavy atom. The highest BCUT2D eigenvalue weighted by molar-refractivity contribution is 7.89. The van der Waals surface area contributed by atoms with Gasteiger partial charge in [-0.25, -0.2) is 8.42 Å². The third-order valence-electron chi connectivity index (χ3n) is 4.74. The van der Waals surface area contributed by atoms with E-state index in [4.69, 9.17) is 0 Å². The fourth-order valence-electron chi connectivity index (χ4n) is 3.30. The van der Waals surface area contributed by atoms with Crippen molar-refractivity contribution in [1.82, 2.24) is 4.31 Å². The van der Waals surface area contributed by atoms with Crippen LogP contribution in [0.5, 0.6) is 0 Å². The second-order valence-corrected chi connectivity index (χ2v) is 8.70. The number of piperazine rings is 1. The summed E-state index contributed by atoms with van der Waals surface area (Å²) in [5.41, 5.74) is 1.30. The van der Waals surface area contributed by atoms with Crippen LogP contribution in [-0.4, -0.2) is 38.4 Å². The van der Waals surface area contributed by atoms with Crippen LogP contribution in [0, 0.1) is 6.92 Å². The zero-order chi connectivity index (χ0) is 19.8. The molecule has 0 bridgehead atoms. The summed E-state index contributed by atoms with van der Waals surface area (Å²) in [4.78, 5) is 2.03. The largest absolute Gasteiger partial charge is 0.416 e. The predicted molar refractivity (Wildman–Crippen MR) is 98.2 cm³/mol. The van der Waals surface area contributed by atoms with Crippen molar-refractivity contribution in [3.63, 3.8) is 0 Å². The first-order valence-electron chi connectivity index (χ1n) is 8.60. The normalized spacial score (nSPS) is 19.3. The molecular weight excluding hydrogens is 377 g/mol. The molecule has 1 fully saturated rings. The quantitative estimate of drug-likeness (QED) is 0.787. The van der Waals surface area contributed by atoms with E-state index in [1.165, 1.54) is 4.31 Å². The molecule has 27 heavy (non-hydrogen) atoms. The van der Waals surface area contributed by atoms with Crippen LogP contribution in [0.2, 0.25) is 0 Å². The number of halogens is 3. The lowest BCUT2D eigenvalue weighted by atomic mass is 10.1. The summed E-state index contributed by atoms with van der Waals surface area (Å²) < 4.78 is 65.0. The Bertz CT molecular complexity index is 911. The Morgan fingerprint density at radius 2 is 1.70 bits per heavy atom. The van der Waals surface area contributed by atoms with E-state index in [1.54, 1.807) is 0 Å². The van der Waals surface area contributed by atoms with Gasteiger partial charge in [0.15, 0.2) is 0 Å². The molecule has 1 saturated heterocycles. The lowest BCUT2D eigenvalue weighted by Crippen LogP contribution is -2.53. The van der Waals surface area contributed by atoms with Gasteiger partial charge in [-0.2, -0.15) is 17.5 Å². The van der Waals surface area contributed by atoms with E-state index in [-0.39, 0.29) is 24.0 Å². The number of nitrogens with zero attached hydrogens (tertiary/aromatic N) is 2. The van der Waals surface area contributed by atoms with Gasteiger partial charge in [-0.05, 0) is 55.8 Å². The van der Waals surface area contributed by atoms with Crippen molar-refractivity contribution in [1.29, 1.82) is 0 Å². The molecule has 4 nitrogen and oxygen atoms in total. The minimum atomic E-state index is -4.49. The number of anilines is 1. The fourth-order valence-corrected chi connectivity index (χ4v) is 4.81. The first-order valence-corrected chi connectivity index (χ1v) is 10.0. The minimum absolute atomic E-state index is 0.0511. The number of alkyl halides is 3.